The van der Waals surface area contributed by atoms with Crippen molar-refractivity contribution in [3.8, 4) is 5.75 Å². The second-order valence-corrected chi connectivity index (χ2v) is 4.44. The topological polar surface area (TPSA) is 61.6 Å². The van der Waals surface area contributed by atoms with Crippen molar-refractivity contribution in [2.24, 2.45) is 5.73 Å². The molecule has 100 valence electrons. The molecule has 2 aromatic carbocycles. The normalized spacial score (nSPS) is 12.3. The van der Waals surface area contributed by atoms with Crippen LogP contribution in [-0.4, -0.2) is 19.8 Å². The van der Waals surface area contributed by atoms with Crippen LogP contribution in [0.15, 0.2) is 36.4 Å². The molecule has 2 rings (SSSR count). The molecule has 19 heavy (non-hydrogen) atoms. The van der Waals surface area contributed by atoms with Gasteiger partial charge in [-0.3, -0.25) is 4.79 Å². The molecule has 4 nitrogen and oxygen atoms in total. The molecule has 0 aliphatic heterocycles. The fraction of sp³-hybridized carbons (Fsp3) is 0.267. The number of hydrogen-bond donors (Lipinski definition) is 1. The van der Waals surface area contributed by atoms with E-state index < -0.39 is 0 Å². The first-order valence-corrected chi connectivity index (χ1v) is 6.06. The lowest BCUT2D eigenvalue weighted by molar-refractivity contribution is -0.119. The smallest absolute Gasteiger partial charge is 0.224 e. The van der Waals surface area contributed by atoms with Gasteiger partial charge in [-0.25, -0.2) is 0 Å². The summed E-state index contributed by atoms with van der Waals surface area (Å²) < 4.78 is 10.2. The Morgan fingerprint density at radius 1 is 1.21 bits per heavy atom. The number of methoxy groups -OCH3 is 1. The summed E-state index contributed by atoms with van der Waals surface area (Å²) in [6, 6.07) is 11.6. The van der Waals surface area contributed by atoms with Crippen LogP contribution in [0.1, 0.15) is 18.4 Å². The first kappa shape index (κ1) is 13.4. The number of rotatable bonds is 5. The van der Waals surface area contributed by atoms with Gasteiger partial charge in [0, 0.05) is 7.11 Å². The molecule has 1 atom stereocenters. The van der Waals surface area contributed by atoms with Crippen molar-refractivity contribution < 1.29 is 14.3 Å². The Hall–Kier alpha value is -2.07. The zero-order valence-electron chi connectivity index (χ0n) is 11.1. The minimum atomic E-state index is -0.320. The minimum Gasteiger partial charge on any atom is -0.468 e. The number of ether oxygens (including phenoxy) is 2. The van der Waals surface area contributed by atoms with E-state index in [1.807, 2.05) is 36.4 Å². The highest BCUT2D eigenvalue weighted by molar-refractivity contribution is 5.87. The average molecular weight is 259 g/mol. The number of amides is 1. The second-order valence-electron chi connectivity index (χ2n) is 4.44. The molecular formula is C15H17NO3. The van der Waals surface area contributed by atoms with Gasteiger partial charge in [-0.15, -0.1) is 0 Å². The van der Waals surface area contributed by atoms with Crippen LogP contribution in [0.4, 0.5) is 0 Å². The lowest BCUT2D eigenvalue weighted by Gasteiger charge is -2.10. The first-order chi connectivity index (χ1) is 9.11. The highest BCUT2D eigenvalue weighted by Gasteiger charge is 2.11. The zero-order valence-corrected chi connectivity index (χ0v) is 11.1. The molecule has 2 aromatic rings. The molecule has 0 heterocycles. The van der Waals surface area contributed by atoms with Gasteiger partial charge in [-0.2, -0.15) is 0 Å². The highest BCUT2D eigenvalue weighted by atomic mass is 16.7. The van der Waals surface area contributed by atoms with E-state index in [0.29, 0.717) is 0 Å². The van der Waals surface area contributed by atoms with Crippen molar-refractivity contribution in [3.63, 3.8) is 0 Å². The Labute approximate surface area is 112 Å². The van der Waals surface area contributed by atoms with Crippen LogP contribution in [-0.2, 0) is 9.53 Å². The van der Waals surface area contributed by atoms with E-state index in [2.05, 4.69) is 0 Å². The number of carbonyl (C=O) groups excluding carboxylic acids is 1. The van der Waals surface area contributed by atoms with Crippen molar-refractivity contribution in [2.75, 3.05) is 13.9 Å². The van der Waals surface area contributed by atoms with Crippen molar-refractivity contribution in [1.29, 1.82) is 0 Å². The summed E-state index contributed by atoms with van der Waals surface area (Å²) in [4.78, 5) is 11.2. The first-order valence-electron chi connectivity index (χ1n) is 6.06. The third kappa shape index (κ3) is 3.03. The van der Waals surface area contributed by atoms with Gasteiger partial charge < -0.3 is 15.2 Å². The molecule has 0 aromatic heterocycles. The lowest BCUT2D eigenvalue weighted by atomic mass is 9.97. The van der Waals surface area contributed by atoms with Gasteiger partial charge in [0.1, 0.15) is 5.75 Å². The predicted octanol–water partition coefficient (Wildman–Crippen LogP) is 2.41. The van der Waals surface area contributed by atoms with E-state index in [-0.39, 0.29) is 18.6 Å². The van der Waals surface area contributed by atoms with Crippen LogP contribution in [0.25, 0.3) is 10.8 Å². The van der Waals surface area contributed by atoms with E-state index >= 15 is 0 Å². The van der Waals surface area contributed by atoms with E-state index in [0.717, 1.165) is 22.1 Å². The maximum Gasteiger partial charge on any atom is 0.224 e. The lowest BCUT2D eigenvalue weighted by Crippen LogP contribution is -2.18. The van der Waals surface area contributed by atoms with Gasteiger partial charge in [0.25, 0.3) is 0 Å². The Balaban J connectivity index is 2.32. The van der Waals surface area contributed by atoms with Crippen molar-refractivity contribution in [3.05, 3.63) is 42.0 Å². The molecule has 1 amide bonds. The summed E-state index contributed by atoms with van der Waals surface area (Å²) in [5.41, 5.74) is 6.24. The number of carbonyl (C=O) groups is 1. The van der Waals surface area contributed by atoms with Crippen molar-refractivity contribution >= 4 is 16.7 Å². The van der Waals surface area contributed by atoms with Crippen LogP contribution in [0.3, 0.4) is 0 Å². The Kier molecular flexibility index (Phi) is 4.02. The van der Waals surface area contributed by atoms with E-state index in [4.69, 9.17) is 15.2 Å². The molecule has 0 aliphatic rings. The third-order valence-corrected chi connectivity index (χ3v) is 3.11. The summed E-state index contributed by atoms with van der Waals surface area (Å²) in [6.45, 7) is 2.03. The number of primary amides is 1. The number of hydrogen-bond acceptors (Lipinski definition) is 3. The molecule has 2 N–H and O–H groups in total. The quantitative estimate of drug-likeness (QED) is 0.839. The van der Waals surface area contributed by atoms with Crippen molar-refractivity contribution in [1.82, 2.24) is 0 Å². The van der Waals surface area contributed by atoms with Gasteiger partial charge in [0.15, 0.2) is 6.79 Å². The minimum absolute atomic E-state index is 0.225. The average Bonchev–Trinajstić information content (AvgIpc) is 2.43. The fourth-order valence-corrected chi connectivity index (χ4v) is 1.89. The second kappa shape index (κ2) is 5.71. The van der Waals surface area contributed by atoms with Gasteiger partial charge >= 0.3 is 0 Å². The molecule has 0 saturated heterocycles. The third-order valence-electron chi connectivity index (χ3n) is 3.11. The highest BCUT2D eigenvalue weighted by Crippen LogP contribution is 2.25. The van der Waals surface area contributed by atoms with Crippen LogP contribution >= 0.6 is 0 Å². The zero-order chi connectivity index (χ0) is 13.8. The summed E-state index contributed by atoms with van der Waals surface area (Å²) >= 11 is 0. The molecule has 0 radical (unpaired) electrons. The fourth-order valence-electron chi connectivity index (χ4n) is 1.89. The predicted molar refractivity (Wildman–Crippen MR) is 74.1 cm³/mol. The summed E-state index contributed by atoms with van der Waals surface area (Å²) in [6.07, 6.45) is 0. The molecule has 0 fully saturated rings. The summed E-state index contributed by atoms with van der Waals surface area (Å²) in [7, 11) is 1.58. The van der Waals surface area contributed by atoms with Crippen LogP contribution in [0, 0.1) is 0 Å². The largest absolute Gasteiger partial charge is 0.468 e. The Morgan fingerprint density at radius 2 is 1.89 bits per heavy atom. The SMILES string of the molecule is COCOc1ccc2cc(C(C)C(N)=O)ccc2c1. The van der Waals surface area contributed by atoms with Crippen LogP contribution in [0.5, 0.6) is 5.75 Å². The number of benzene rings is 2. The van der Waals surface area contributed by atoms with Gasteiger partial charge in [-0.1, -0.05) is 24.3 Å². The standard InChI is InChI=1S/C15H17NO3/c1-10(15(16)17)11-3-4-13-8-14(19-9-18-2)6-5-12(13)7-11/h3-8,10H,9H2,1-2H3,(H2,16,17). The van der Waals surface area contributed by atoms with Gasteiger partial charge in [0.2, 0.25) is 5.91 Å². The molecule has 4 heteroatoms. The number of fused-ring (bicyclic) bond motifs is 1. The maximum absolute atomic E-state index is 11.2. The Bertz CT molecular complexity index is 595. The Morgan fingerprint density at radius 3 is 2.58 bits per heavy atom. The number of nitrogens with two attached hydrogens (primary N) is 1. The molecule has 1 unspecified atom stereocenters. The monoisotopic (exact) mass is 259 g/mol. The van der Waals surface area contributed by atoms with Gasteiger partial charge in [0.05, 0.1) is 5.92 Å². The molecule has 0 saturated carbocycles. The van der Waals surface area contributed by atoms with Crippen LogP contribution < -0.4 is 10.5 Å². The molecular weight excluding hydrogens is 242 g/mol. The molecule has 0 spiro atoms. The van der Waals surface area contributed by atoms with E-state index in [9.17, 15) is 4.79 Å². The van der Waals surface area contributed by atoms with Crippen molar-refractivity contribution in [2.45, 2.75) is 12.8 Å². The van der Waals surface area contributed by atoms with E-state index in [1.54, 1.807) is 14.0 Å². The maximum atomic E-state index is 11.2. The molecule has 0 aliphatic carbocycles. The van der Waals surface area contributed by atoms with Gasteiger partial charge in [-0.05, 0) is 35.4 Å². The van der Waals surface area contributed by atoms with Crippen LogP contribution in [0.2, 0.25) is 0 Å². The van der Waals surface area contributed by atoms with E-state index in [1.165, 1.54) is 0 Å². The summed E-state index contributed by atoms with van der Waals surface area (Å²) in [5.74, 6) is 0.151. The summed E-state index contributed by atoms with van der Waals surface area (Å²) in [5, 5.41) is 2.10. The molecule has 0 bridgehead atoms.